The fourth-order valence-corrected chi connectivity index (χ4v) is 4.79. The highest BCUT2D eigenvalue weighted by molar-refractivity contribution is 6.31. The summed E-state index contributed by atoms with van der Waals surface area (Å²) in [6.45, 7) is 1.11. The van der Waals surface area contributed by atoms with Gasteiger partial charge < -0.3 is 15.5 Å². The van der Waals surface area contributed by atoms with Crippen molar-refractivity contribution in [2.75, 3.05) is 7.05 Å². The second-order valence-corrected chi connectivity index (χ2v) is 9.39. The smallest absolute Gasteiger partial charge is 0.345 e. The number of benzene rings is 1. The van der Waals surface area contributed by atoms with Gasteiger partial charge in [-0.1, -0.05) is 11.6 Å². The molecule has 2 aliphatic heterocycles. The number of carbonyl (C=O) groups excluding carboxylic acids is 1. The van der Waals surface area contributed by atoms with Gasteiger partial charge in [-0.2, -0.15) is 27.1 Å². The summed E-state index contributed by atoms with van der Waals surface area (Å²) in [5, 5.41) is 11.6. The average molecular weight is 517 g/mol. The number of halogens is 6. The Bertz CT molecular complexity index is 1260. The van der Waals surface area contributed by atoms with Crippen LogP contribution in [0.3, 0.4) is 0 Å². The molecular weight excluding hydrogens is 495 g/mol. The van der Waals surface area contributed by atoms with E-state index < -0.39 is 37.1 Å². The number of carbonyl (C=O) groups is 1. The topological polar surface area (TPSA) is 74.5 Å². The van der Waals surface area contributed by atoms with Crippen molar-refractivity contribution in [3.63, 3.8) is 0 Å². The highest BCUT2D eigenvalue weighted by Crippen LogP contribution is 2.44. The van der Waals surface area contributed by atoms with E-state index in [-0.39, 0.29) is 11.9 Å². The number of aryl methyl sites for hydroxylation is 1. The highest BCUT2D eigenvalue weighted by Gasteiger charge is 2.57. The summed E-state index contributed by atoms with van der Waals surface area (Å²) < 4.78 is 66.8. The van der Waals surface area contributed by atoms with Crippen molar-refractivity contribution in [1.29, 1.82) is 0 Å². The molecule has 0 radical (unpaired) electrons. The zero-order valence-corrected chi connectivity index (χ0v) is 19.5. The van der Waals surface area contributed by atoms with Gasteiger partial charge in [-0.05, 0) is 38.0 Å². The van der Waals surface area contributed by atoms with Crippen molar-refractivity contribution in [3.05, 3.63) is 40.3 Å². The summed E-state index contributed by atoms with van der Waals surface area (Å²) in [4.78, 5) is 18.8. The summed E-state index contributed by atoms with van der Waals surface area (Å²) in [7, 11) is 1.59. The lowest BCUT2D eigenvalue weighted by Crippen LogP contribution is -2.49. The van der Waals surface area contributed by atoms with Crippen molar-refractivity contribution in [2.45, 2.75) is 57.0 Å². The zero-order valence-electron chi connectivity index (χ0n) is 18.8. The minimum atomic E-state index is -5.66. The highest BCUT2D eigenvalue weighted by atomic mass is 35.5. The van der Waals surface area contributed by atoms with Gasteiger partial charge in [-0.25, -0.2) is 0 Å². The van der Waals surface area contributed by atoms with E-state index in [1.165, 1.54) is 6.07 Å². The van der Waals surface area contributed by atoms with Crippen LogP contribution >= 0.6 is 11.6 Å². The summed E-state index contributed by atoms with van der Waals surface area (Å²) in [6, 6.07) is 4.85. The van der Waals surface area contributed by atoms with Gasteiger partial charge in [0.15, 0.2) is 0 Å². The fraction of sp³-hybridized carbons (Fsp3) is 0.500. The van der Waals surface area contributed by atoms with Gasteiger partial charge in [0.25, 0.3) is 0 Å². The fourth-order valence-electron chi connectivity index (χ4n) is 4.62. The molecule has 2 unspecified atom stereocenters. The number of nitrogens with zero attached hydrogens (tertiary/aromatic N) is 4. The van der Waals surface area contributed by atoms with Crippen molar-refractivity contribution in [3.8, 4) is 0 Å². The Morgan fingerprint density at radius 1 is 1.23 bits per heavy atom. The third kappa shape index (κ3) is 3.91. The minimum absolute atomic E-state index is 0.101. The molecule has 35 heavy (non-hydrogen) atoms. The first kappa shape index (κ1) is 23.8. The summed E-state index contributed by atoms with van der Waals surface area (Å²) in [6.07, 6.45) is -6.00. The summed E-state index contributed by atoms with van der Waals surface area (Å²) in [5.41, 5.74) is 1.49. The minimum Gasteiger partial charge on any atom is -0.345 e. The molecule has 2 N–H and O–H groups in total. The quantitative estimate of drug-likeness (QED) is 0.580. The van der Waals surface area contributed by atoms with Gasteiger partial charge in [0, 0.05) is 42.0 Å². The average Bonchev–Trinajstić information content (AvgIpc) is 3.50. The molecule has 1 aromatic heterocycles. The van der Waals surface area contributed by atoms with Crippen LogP contribution in [0.4, 0.5) is 22.0 Å². The van der Waals surface area contributed by atoms with Gasteiger partial charge in [-0.15, -0.1) is 0 Å². The van der Waals surface area contributed by atoms with Gasteiger partial charge in [-0.3, -0.25) is 14.5 Å². The molecule has 1 saturated carbocycles. The third-order valence-electron chi connectivity index (χ3n) is 6.61. The predicted octanol–water partition coefficient (Wildman–Crippen LogP) is 4.35. The third-order valence-corrected chi connectivity index (χ3v) is 6.84. The number of alkyl halides is 5. The molecule has 3 aliphatic rings. The molecule has 0 spiro atoms. The number of rotatable bonds is 5. The number of amidine groups is 1. The van der Waals surface area contributed by atoms with E-state index in [1.807, 2.05) is 4.90 Å². The Labute approximate surface area is 202 Å². The molecule has 2 aromatic rings. The lowest BCUT2D eigenvalue weighted by atomic mass is 9.99. The first-order valence-electron chi connectivity index (χ1n) is 11.1. The van der Waals surface area contributed by atoms with Crippen LogP contribution in [-0.2, 0) is 11.3 Å². The van der Waals surface area contributed by atoms with Crippen LogP contribution in [0.25, 0.3) is 10.9 Å². The number of hydrogen-bond acceptors (Lipinski definition) is 4. The Hall–Kier alpha value is -2.89. The van der Waals surface area contributed by atoms with E-state index in [0.717, 1.165) is 23.1 Å². The maximum atomic E-state index is 13.7. The van der Waals surface area contributed by atoms with Gasteiger partial charge in [0.2, 0.25) is 5.91 Å². The number of nitrogens with one attached hydrogen (secondary N) is 2. The van der Waals surface area contributed by atoms with Gasteiger partial charge in [0.1, 0.15) is 23.5 Å². The van der Waals surface area contributed by atoms with Crippen molar-refractivity contribution < 1.29 is 26.7 Å². The molecule has 1 amide bonds. The van der Waals surface area contributed by atoms with Crippen LogP contribution < -0.4 is 10.6 Å². The summed E-state index contributed by atoms with van der Waals surface area (Å²) >= 11 is 6.12. The maximum Gasteiger partial charge on any atom is 0.453 e. The molecule has 188 valence electrons. The van der Waals surface area contributed by atoms with Crippen LogP contribution in [0.5, 0.6) is 0 Å². The second-order valence-electron chi connectivity index (χ2n) is 8.95. The second kappa shape index (κ2) is 8.07. The van der Waals surface area contributed by atoms with Crippen LogP contribution in [0.1, 0.15) is 38.0 Å². The Kier molecular flexibility index (Phi) is 5.50. The lowest BCUT2D eigenvalue weighted by Gasteiger charge is -2.39. The normalized spacial score (nSPS) is 24.3. The molecule has 1 aromatic carbocycles. The number of hydrogen-bond donors (Lipinski definition) is 2. The molecule has 2 atom stereocenters. The van der Waals surface area contributed by atoms with Crippen molar-refractivity contribution >= 4 is 34.2 Å². The lowest BCUT2D eigenvalue weighted by molar-refractivity contribution is -0.285. The number of aromatic nitrogens is 2. The zero-order chi connectivity index (χ0) is 25.3. The molecule has 0 bridgehead atoms. The Morgan fingerprint density at radius 2 is 1.94 bits per heavy atom. The van der Waals surface area contributed by atoms with Gasteiger partial charge in [0.05, 0.1) is 11.4 Å². The van der Waals surface area contributed by atoms with E-state index in [0.29, 0.717) is 33.3 Å². The Balaban J connectivity index is 1.59. The largest absolute Gasteiger partial charge is 0.453 e. The molecule has 7 nitrogen and oxygen atoms in total. The molecule has 1 aliphatic carbocycles. The molecule has 3 heterocycles. The molecule has 0 saturated heterocycles. The van der Waals surface area contributed by atoms with E-state index in [4.69, 9.17) is 11.6 Å². The van der Waals surface area contributed by atoms with E-state index >= 15 is 0 Å². The first-order valence-corrected chi connectivity index (χ1v) is 11.5. The maximum absolute atomic E-state index is 13.7. The van der Waals surface area contributed by atoms with Crippen molar-refractivity contribution in [1.82, 2.24) is 25.3 Å². The number of fused-ring (bicyclic) bond motifs is 1. The van der Waals surface area contributed by atoms with E-state index in [1.54, 1.807) is 26.1 Å². The van der Waals surface area contributed by atoms with Gasteiger partial charge >= 0.3 is 12.1 Å². The monoisotopic (exact) mass is 516 g/mol. The predicted molar refractivity (Wildman–Crippen MR) is 119 cm³/mol. The van der Waals surface area contributed by atoms with Crippen LogP contribution in [0.15, 0.2) is 34.6 Å². The van der Waals surface area contributed by atoms with E-state index in [2.05, 4.69) is 20.7 Å². The van der Waals surface area contributed by atoms with Crippen LogP contribution in [0.2, 0.25) is 5.02 Å². The number of aliphatic imine (C=N–C) groups is 1. The van der Waals surface area contributed by atoms with Crippen LogP contribution in [0, 0.1) is 5.92 Å². The summed E-state index contributed by atoms with van der Waals surface area (Å²) in [5.74, 6) is -4.33. The first-order chi connectivity index (χ1) is 16.4. The molecule has 5 rings (SSSR count). The molecule has 13 heteroatoms. The molecule has 1 fully saturated rings. The Morgan fingerprint density at radius 3 is 2.57 bits per heavy atom. The van der Waals surface area contributed by atoms with Crippen molar-refractivity contribution in [2.24, 2.45) is 10.9 Å². The van der Waals surface area contributed by atoms with E-state index in [9.17, 15) is 26.7 Å². The number of amides is 1. The van der Waals surface area contributed by atoms with Crippen LogP contribution in [-0.4, -0.2) is 51.6 Å². The SMILES string of the molecule is CN=C1NC(c2nn(CCC(F)(F)C(F)(F)F)c3cc(Cl)ccc23)N(C2CC2)C2=C1C(C)C(=O)N2. The molecular formula is C22H22ClF5N6O. The standard InChI is InChI=1S/C22H22ClF5N6O/c1-10-15-17(29-2)30-19(34(12-4-5-12)18(15)31-20(10)35)16-13-6-3-11(23)9-14(13)33(32-16)8-7-21(24,25)22(26,27)28/h3,6,9-10,12,19H,4-5,7-8H2,1-2H3,(H,29,30)(H,31,35).